The third kappa shape index (κ3) is 2.73. The minimum atomic E-state index is 0.209. The minimum Gasteiger partial charge on any atom is -0.496 e. The van der Waals surface area contributed by atoms with Crippen LogP contribution in [0, 0.1) is 0 Å². The molecular formula is C13H15BrN2O3. The Morgan fingerprint density at radius 2 is 1.84 bits per heavy atom. The molecule has 1 aromatic heterocycles. The lowest BCUT2D eigenvalue weighted by molar-refractivity contribution is 0.393. The van der Waals surface area contributed by atoms with Crippen molar-refractivity contribution in [2.75, 3.05) is 14.2 Å². The molecule has 0 aliphatic heterocycles. The van der Waals surface area contributed by atoms with E-state index in [2.05, 4.69) is 26.1 Å². The Morgan fingerprint density at radius 1 is 1.16 bits per heavy atom. The van der Waals surface area contributed by atoms with Crippen LogP contribution < -0.4 is 9.47 Å². The van der Waals surface area contributed by atoms with Gasteiger partial charge in [-0.15, -0.1) is 0 Å². The van der Waals surface area contributed by atoms with Crippen molar-refractivity contribution in [3.05, 3.63) is 22.4 Å². The van der Waals surface area contributed by atoms with E-state index < -0.39 is 0 Å². The fourth-order valence-electron chi connectivity index (χ4n) is 1.61. The van der Waals surface area contributed by atoms with Gasteiger partial charge in [-0.3, -0.25) is 0 Å². The number of methoxy groups -OCH3 is 2. The summed E-state index contributed by atoms with van der Waals surface area (Å²) in [5.41, 5.74) is 0.710. The Labute approximate surface area is 120 Å². The molecule has 19 heavy (non-hydrogen) atoms. The van der Waals surface area contributed by atoms with Crippen LogP contribution in [0.3, 0.4) is 0 Å². The first kappa shape index (κ1) is 13.9. The lowest BCUT2D eigenvalue weighted by atomic mass is 10.2. The predicted octanol–water partition coefficient (Wildman–Crippen LogP) is 3.64. The molecule has 0 N–H and O–H groups in total. The van der Waals surface area contributed by atoms with Crippen molar-refractivity contribution >= 4 is 15.9 Å². The van der Waals surface area contributed by atoms with Gasteiger partial charge in [0.15, 0.2) is 5.82 Å². The number of rotatable bonds is 4. The molecule has 0 saturated heterocycles. The highest BCUT2D eigenvalue weighted by molar-refractivity contribution is 9.10. The zero-order valence-electron chi connectivity index (χ0n) is 11.2. The van der Waals surface area contributed by atoms with E-state index in [1.54, 1.807) is 20.3 Å². The van der Waals surface area contributed by atoms with Crippen molar-refractivity contribution in [3.63, 3.8) is 0 Å². The summed E-state index contributed by atoms with van der Waals surface area (Å²) in [6.45, 7) is 4.02. The zero-order chi connectivity index (χ0) is 14.0. The fourth-order valence-corrected chi connectivity index (χ4v) is 2.09. The molecule has 2 aromatic rings. The topological polar surface area (TPSA) is 57.4 Å². The second-order valence-electron chi connectivity index (χ2n) is 4.30. The van der Waals surface area contributed by atoms with Gasteiger partial charge in [0, 0.05) is 5.92 Å². The number of benzene rings is 1. The van der Waals surface area contributed by atoms with E-state index in [-0.39, 0.29) is 5.92 Å². The summed E-state index contributed by atoms with van der Waals surface area (Å²) in [5.74, 6) is 2.62. The van der Waals surface area contributed by atoms with E-state index >= 15 is 0 Å². The van der Waals surface area contributed by atoms with E-state index in [0.717, 1.165) is 4.47 Å². The summed E-state index contributed by atoms with van der Waals surface area (Å²) < 4.78 is 16.7. The first-order chi connectivity index (χ1) is 9.06. The third-order valence-electron chi connectivity index (χ3n) is 2.66. The average Bonchev–Trinajstić information content (AvgIpc) is 2.88. The molecule has 5 nitrogen and oxygen atoms in total. The number of aromatic nitrogens is 2. The summed E-state index contributed by atoms with van der Waals surface area (Å²) in [6.07, 6.45) is 0. The number of halogens is 1. The maximum atomic E-state index is 5.34. The van der Waals surface area contributed by atoms with Crippen molar-refractivity contribution in [1.29, 1.82) is 0 Å². The molecule has 0 saturated carbocycles. The van der Waals surface area contributed by atoms with Crippen LogP contribution in [0.15, 0.2) is 21.1 Å². The van der Waals surface area contributed by atoms with Crippen molar-refractivity contribution < 1.29 is 14.0 Å². The van der Waals surface area contributed by atoms with Crippen LogP contribution in [0.2, 0.25) is 0 Å². The maximum Gasteiger partial charge on any atom is 0.261 e. The van der Waals surface area contributed by atoms with Gasteiger partial charge < -0.3 is 14.0 Å². The van der Waals surface area contributed by atoms with Crippen LogP contribution in [0.5, 0.6) is 11.5 Å². The molecule has 0 unspecified atom stereocenters. The Bertz CT molecular complexity index is 581. The quantitative estimate of drug-likeness (QED) is 0.858. The first-order valence-electron chi connectivity index (χ1n) is 5.82. The summed E-state index contributed by atoms with van der Waals surface area (Å²) >= 11 is 3.41. The lowest BCUT2D eigenvalue weighted by Gasteiger charge is -2.09. The molecule has 0 spiro atoms. The molecule has 0 amide bonds. The van der Waals surface area contributed by atoms with Crippen LogP contribution >= 0.6 is 15.9 Å². The molecule has 0 bridgehead atoms. The molecule has 1 aromatic carbocycles. The van der Waals surface area contributed by atoms with Gasteiger partial charge in [-0.05, 0) is 28.1 Å². The van der Waals surface area contributed by atoms with Crippen LogP contribution in [-0.4, -0.2) is 24.4 Å². The van der Waals surface area contributed by atoms with Crippen molar-refractivity contribution in [3.8, 4) is 23.0 Å². The number of hydrogen-bond donors (Lipinski definition) is 0. The first-order valence-corrected chi connectivity index (χ1v) is 6.61. The molecule has 0 atom stereocenters. The Hall–Kier alpha value is -1.56. The van der Waals surface area contributed by atoms with Crippen LogP contribution in [0.25, 0.3) is 11.5 Å². The Balaban J connectivity index is 2.52. The third-order valence-corrected chi connectivity index (χ3v) is 3.28. The van der Waals surface area contributed by atoms with E-state index in [1.165, 1.54) is 0 Å². The maximum absolute atomic E-state index is 5.34. The van der Waals surface area contributed by atoms with Crippen LogP contribution in [0.1, 0.15) is 25.6 Å². The Morgan fingerprint density at radius 3 is 2.37 bits per heavy atom. The molecule has 0 fully saturated rings. The van der Waals surface area contributed by atoms with Crippen LogP contribution in [-0.2, 0) is 0 Å². The highest BCUT2D eigenvalue weighted by atomic mass is 79.9. The zero-order valence-corrected chi connectivity index (χ0v) is 12.8. The second-order valence-corrected chi connectivity index (χ2v) is 5.15. The van der Waals surface area contributed by atoms with Gasteiger partial charge in [-0.2, -0.15) is 4.98 Å². The van der Waals surface area contributed by atoms with Crippen LogP contribution in [0.4, 0.5) is 0 Å². The highest BCUT2D eigenvalue weighted by Crippen LogP contribution is 2.38. The average molecular weight is 327 g/mol. The monoisotopic (exact) mass is 326 g/mol. The second kappa shape index (κ2) is 5.61. The smallest absolute Gasteiger partial charge is 0.261 e. The normalized spacial score (nSPS) is 10.8. The van der Waals surface area contributed by atoms with E-state index in [1.807, 2.05) is 19.9 Å². The van der Waals surface area contributed by atoms with Gasteiger partial charge in [0.1, 0.15) is 11.5 Å². The van der Waals surface area contributed by atoms with Gasteiger partial charge in [0.05, 0.1) is 24.3 Å². The standard InChI is InChI=1S/C13H15BrN2O3/c1-7(2)12-15-13(19-16-12)8-5-11(18-4)9(14)6-10(8)17-3/h5-7H,1-4H3. The molecule has 0 aliphatic carbocycles. The van der Waals surface area contributed by atoms with Gasteiger partial charge in [-0.1, -0.05) is 19.0 Å². The predicted molar refractivity (Wildman–Crippen MR) is 74.6 cm³/mol. The van der Waals surface area contributed by atoms with Gasteiger partial charge in [-0.25, -0.2) is 0 Å². The number of hydrogen-bond acceptors (Lipinski definition) is 5. The van der Waals surface area contributed by atoms with Gasteiger partial charge in [0.2, 0.25) is 0 Å². The number of ether oxygens (including phenoxy) is 2. The fraction of sp³-hybridized carbons (Fsp3) is 0.385. The van der Waals surface area contributed by atoms with Gasteiger partial charge >= 0.3 is 0 Å². The molecular weight excluding hydrogens is 312 g/mol. The van der Waals surface area contributed by atoms with Crippen molar-refractivity contribution in [1.82, 2.24) is 10.1 Å². The van der Waals surface area contributed by atoms with Crippen molar-refractivity contribution in [2.24, 2.45) is 0 Å². The lowest BCUT2D eigenvalue weighted by Crippen LogP contribution is -1.93. The molecule has 0 aliphatic rings. The minimum absolute atomic E-state index is 0.209. The molecule has 1 heterocycles. The SMILES string of the molecule is COc1cc(-c2nc(C(C)C)no2)c(OC)cc1Br. The summed E-state index contributed by atoms with van der Waals surface area (Å²) in [6, 6.07) is 3.62. The van der Waals surface area contributed by atoms with Gasteiger partial charge in [0.25, 0.3) is 5.89 Å². The largest absolute Gasteiger partial charge is 0.496 e. The summed E-state index contributed by atoms with van der Waals surface area (Å²) in [7, 11) is 3.20. The van der Waals surface area contributed by atoms with E-state index in [4.69, 9.17) is 14.0 Å². The van der Waals surface area contributed by atoms with Crippen molar-refractivity contribution in [2.45, 2.75) is 19.8 Å². The molecule has 6 heteroatoms. The molecule has 2 rings (SSSR count). The summed E-state index contributed by atoms with van der Waals surface area (Å²) in [5, 5.41) is 3.95. The summed E-state index contributed by atoms with van der Waals surface area (Å²) in [4.78, 5) is 4.37. The highest BCUT2D eigenvalue weighted by Gasteiger charge is 2.18. The van der Waals surface area contributed by atoms with E-state index in [0.29, 0.717) is 28.8 Å². The molecule has 0 radical (unpaired) electrons. The Kier molecular flexibility index (Phi) is 4.09. The molecule has 102 valence electrons. The van der Waals surface area contributed by atoms with E-state index in [9.17, 15) is 0 Å². The number of nitrogens with zero attached hydrogens (tertiary/aromatic N) is 2.